The van der Waals surface area contributed by atoms with Gasteiger partial charge in [-0.15, -0.1) is 0 Å². The molecule has 0 aliphatic heterocycles. The lowest BCUT2D eigenvalue weighted by atomic mass is 10.2. The molecule has 9 heteroatoms. The van der Waals surface area contributed by atoms with Crippen molar-refractivity contribution < 1.29 is 17.9 Å². The van der Waals surface area contributed by atoms with Crippen molar-refractivity contribution in [3.05, 3.63) is 23.2 Å². The number of rotatable bonds is 6. The van der Waals surface area contributed by atoms with Crippen LogP contribution in [0, 0.1) is 0 Å². The number of hydrogen-bond donors (Lipinski definition) is 3. The third-order valence-electron chi connectivity index (χ3n) is 2.38. The molecule has 1 rings (SSSR count). The molecule has 0 unspecified atom stereocenters. The first kappa shape index (κ1) is 19.4. The number of alkyl carbamates (subject to hydrolysis) is 1. The molecule has 0 radical (unpaired) electrons. The molecule has 1 aromatic carbocycles. The SMILES string of the molecule is CC(C)(C)OC(=O)NCCNc1cc(NS(C)(=O)=O)ccc1Cl. The number of amides is 1. The zero-order chi connectivity index (χ0) is 17.7. The summed E-state index contributed by atoms with van der Waals surface area (Å²) in [6.07, 6.45) is 0.567. The Morgan fingerprint density at radius 3 is 2.48 bits per heavy atom. The third-order valence-corrected chi connectivity index (χ3v) is 3.31. The molecule has 0 spiro atoms. The van der Waals surface area contributed by atoms with Gasteiger partial charge in [-0.05, 0) is 39.0 Å². The molecule has 3 N–H and O–H groups in total. The lowest BCUT2D eigenvalue weighted by Gasteiger charge is -2.19. The molecule has 1 aromatic rings. The fourth-order valence-electron chi connectivity index (χ4n) is 1.61. The van der Waals surface area contributed by atoms with Crippen molar-refractivity contribution >= 4 is 39.1 Å². The van der Waals surface area contributed by atoms with E-state index < -0.39 is 21.7 Å². The van der Waals surface area contributed by atoms with Gasteiger partial charge < -0.3 is 15.4 Å². The molecule has 130 valence electrons. The van der Waals surface area contributed by atoms with Crippen molar-refractivity contribution in [3.63, 3.8) is 0 Å². The van der Waals surface area contributed by atoms with Crippen LogP contribution in [0.5, 0.6) is 0 Å². The van der Waals surface area contributed by atoms with Gasteiger partial charge in [0.25, 0.3) is 0 Å². The maximum atomic E-state index is 11.5. The minimum Gasteiger partial charge on any atom is -0.444 e. The summed E-state index contributed by atoms with van der Waals surface area (Å²) in [5.74, 6) is 0. The number of anilines is 2. The number of carbonyl (C=O) groups is 1. The normalized spacial score (nSPS) is 11.7. The molecule has 0 aliphatic carbocycles. The molecule has 0 aromatic heterocycles. The highest BCUT2D eigenvalue weighted by molar-refractivity contribution is 7.92. The molecule has 7 nitrogen and oxygen atoms in total. The van der Waals surface area contributed by atoms with E-state index in [4.69, 9.17) is 16.3 Å². The number of nitrogens with one attached hydrogen (secondary N) is 3. The van der Waals surface area contributed by atoms with Gasteiger partial charge in [0.05, 0.1) is 22.7 Å². The highest BCUT2D eigenvalue weighted by Gasteiger charge is 2.15. The number of hydrogen-bond acceptors (Lipinski definition) is 5. The molecule has 0 atom stereocenters. The van der Waals surface area contributed by atoms with Gasteiger partial charge in [0.1, 0.15) is 5.60 Å². The maximum absolute atomic E-state index is 11.5. The Bertz CT molecular complexity index is 656. The van der Waals surface area contributed by atoms with E-state index in [0.717, 1.165) is 6.26 Å². The highest BCUT2D eigenvalue weighted by Crippen LogP contribution is 2.25. The molecule has 23 heavy (non-hydrogen) atoms. The highest BCUT2D eigenvalue weighted by atomic mass is 35.5. The van der Waals surface area contributed by atoms with Crippen LogP contribution in [0.1, 0.15) is 20.8 Å². The van der Waals surface area contributed by atoms with Crippen LogP contribution in [0.15, 0.2) is 18.2 Å². The van der Waals surface area contributed by atoms with Gasteiger partial charge in [-0.3, -0.25) is 4.72 Å². The number of sulfonamides is 1. The smallest absolute Gasteiger partial charge is 0.407 e. The van der Waals surface area contributed by atoms with E-state index in [0.29, 0.717) is 29.5 Å². The van der Waals surface area contributed by atoms with Crippen LogP contribution < -0.4 is 15.4 Å². The Morgan fingerprint density at radius 1 is 1.26 bits per heavy atom. The second kappa shape index (κ2) is 7.74. The van der Waals surface area contributed by atoms with Gasteiger partial charge >= 0.3 is 6.09 Å². The average molecular weight is 364 g/mol. The van der Waals surface area contributed by atoms with Gasteiger partial charge in [-0.25, -0.2) is 13.2 Å². The quantitative estimate of drug-likeness (QED) is 0.675. The number of halogens is 1. The molecule has 0 heterocycles. The molecule has 0 bridgehead atoms. The summed E-state index contributed by atoms with van der Waals surface area (Å²) in [5.41, 5.74) is 0.415. The zero-order valence-corrected chi connectivity index (χ0v) is 15.1. The van der Waals surface area contributed by atoms with E-state index >= 15 is 0 Å². The Labute approximate surface area is 141 Å². The first-order valence-corrected chi connectivity index (χ1v) is 9.21. The van der Waals surface area contributed by atoms with Crippen molar-refractivity contribution in [2.75, 3.05) is 29.4 Å². The molecule has 1 amide bonds. The van der Waals surface area contributed by atoms with Crippen LogP contribution in [0.25, 0.3) is 0 Å². The summed E-state index contributed by atoms with van der Waals surface area (Å²) in [6.45, 7) is 6.08. The van der Waals surface area contributed by atoms with Crippen LogP contribution in [-0.4, -0.2) is 39.5 Å². The topological polar surface area (TPSA) is 96.5 Å². The second-order valence-electron chi connectivity index (χ2n) is 5.92. The van der Waals surface area contributed by atoms with Crippen LogP contribution in [0.3, 0.4) is 0 Å². The summed E-state index contributed by atoms with van der Waals surface area (Å²) in [4.78, 5) is 11.5. The van der Waals surface area contributed by atoms with Crippen LogP contribution in [0.4, 0.5) is 16.2 Å². The lowest BCUT2D eigenvalue weighted by molar-refractivity contribution is 0.0530. The molecular weight excluding hydrogens is 342 g/mol. The van der Waals surface area contributed by atoms with Gasteiger partial charge in [-0.2, -0.15) is 0 Å². The zero-order valence-electron chi connectivity index (χ0n) is 13.6. The predicted octanol–water partition coefficient (Wildman–Crippen LogP) is 2.65. The summed E-state index contributed by atoms with van der Waals surface area (Å²) in [5, 5.41) is 6.07. The molecule has 0 fully saturated rings. The predicted molar refractivity (Wildman–Crippen MR) is 92.6 cm³/mol. The largest absolute Gasteiger partial charge is 0.444 e. The summed E-state index contributed by atoms with van der Waals surface area (Å²) >= 11 is 6.04. The molecule has 0 saturated carbocycles. The Hall–Kier alpha value is -1.67. The van der Waals surface area contributed by atoms with Gasteiger partial charge in [0.15, 0.2) is 0 Å². The standard InChI is InChI=1S/C14H22ClN3O4S/c1-14(2,3)22-13(19)17-8-7-16-12-9-10(5-6-11(12)15)18-23(4,20)21/h5-6,9,16,18H,7-8H2,1-4H3,(H,17,19). The summed E-state index contributed by atoms with van der Waals surface area (Å²) < 4.78 is 29.9. The maximum Gasteiger partial charge on any atom is 0.407 e. The monoisotopic (exact) mass is 363 g/mol. The van der Waals surface area contributed by atoms with Crippen LogP contribution >= 0.6 is 11.6 Å². The van der Waals surface area contributed by atoms with E-state index in [9.17, 15) is 13.2 Å². The molecule has 0 aliphatic rings. The number of carbonyl (C=O) groups excluding carboxylic acids is 1. The Kier molecular flexibility index (Phi) is 6.52. The van der Waals surface area contributed by atoms with E-state index in [-0.39, 0.29) is 0 Å². The van der Waals surface area contributed by atoms with E-state index in [2.05, 4.69) is 15.4 Å². The summed E-state index contributed by atoms with van der Waals surface area (Å²) in [6, 6.07) is 4.73. The Balaban J connectivity index is 2.51. The minimum absolute atomic E-state index is 0.328. The first-order chi connectivity index (χ1) is 10.5. The van der Waals surface area contributed by atoms with Crippen molar-refractivity contribution in [1.29, 1.82) is 0 Å². The van der Waals surface area contributed by atoms with Gasteiger partial charge in [-0.1, -0.05) is 11.6 Å². The minimum atomic E-state index is -3.35. The van der Waals surface area contributed by atoms with Crippen molar-refractivity contribution in [3.8, 4) is 0 Å². The fourth-order valence-corrected chi connectivity index (χ4v) is 2.35. The lowest BCUT2D eigenvalue weighted by Crippen LogP contribution is -2.35. The fraction of sp³-hybridized carbons (Fsp3) is 0.500. The third kappa shape index (κ3) is 8.51. The van der Waals surface area contributed by atoms with Crippen molar-refractivity contribution in [1.82, 2.24) is 5.32 Å². The average Bonchev–Trinajstić information content (AvgIpc) is 2.34. The van der Waals surface area contributed by atoms with E-state index in [1.54, 1.807) is 39.0 Å². The molecular formula is C14H22ClN3O4S. The number of benzene rings is 1. The van der Waals surface area contributed by atoms with Crippen molar-refractivity contribution in [2.24, 2.45) is 0 Å². The Morgan fingerprint density at radius 2 is 1.91 bits per heavy atom. The van der Waals surface area contributed by atoms with E-state index in [1.807, 2.05) is 0 Å². The van der Waals surface area contributed by atoms with Crippen LogP contribution in [-0.2, 0) is 14.8 Å². The van der Waals surface area contributed by atoms with Crippen LogP contribution in [0.2, 0.25) is 5.02 Å². The first-order valence-electron chi connectivity index (χ1n) is 6.94. The van der Waals surface area contributed by atoms with Crippen molar-refractivity contribution in [2.45, 2.75) is 26.4 Å². The van der Waals surface area contributed by atoms with Gasteiger partial charge in [0.2, 0.25) is 10.0 Å². The number of ether oxygens (including phenoxy) is 1. The van der Waals surface area contributed by atoms with E-state index in [1.165, 1.54) is 0 Å². The molecule has 0 saturated heterocycles. The van der Waals surface area contributed by atoms with Gasteiger partial charge in [0, 0.05) is 13.1 Å². The second-order valence-corrected chi connectivity index (χ2v) is 8.08. The summed E-state index contributed by atoms with van der Waals surface area (Å²) in [7, 11) is -3.35.